The Bertz CT molecular complexity index is 664. The van der Waals surface area contributed by atoms with Crippen LogP contribution in [0.3, 0.4) is 0 Å². The number of nitrogens with zero attached hydrogens (tertiary/aromatic N) is 2. The summed E-state index contributed by atoms with van der Waals surface area (Å²) in [4.78, 5) is 8.18. The molecule has 3 nitrogen and oxygen atoms in total. The van der Waals surface area contributed by atoms with Crippen LogP contribution in [-0.4, -0.2) is 43.1 Å². The number of halogens is 2. The fourth-order valence-electron chi connectivity index (χ4n) is 3.22. The van der Waals surface area contributed by atoms with Crippen LogP contribution in [0.2, 0.25) is 5.02 Å². The summed E-state index contributed by atoms with van der Waals surface area (Å²) in [6.45, 7) is 8.85. The summed E-state index contributed by atoms with van der Waals surface area (Å²) in [6.07, 6.45) is 1.96. The van der Waals surface area contributed by atoms with Crippen molar-refractivity contribution in [1.82, 2.24) is 9.88 Å². The minimum Gasteiger partial charge on any atom is -0.369 e. The van der Waals surface area contributed by atoms with Crippen LogP contribution in [0, 0.1) is 17.4 Å². The van der Waals surface area contributed by atoms with Gasteiger partial charge in [0.15, 0.2) is 0 Å². The van der Waals surface area contributed by atoms with Crippen molar-refractivity contribution < 1.29 is 0 Å². The fraction of sp³-hybridized carbons (Fsp3) is 0.412. The van der Waals surface area contributed by atoms with Crippen LogP contribution in [-0.2, 0) is 0 Å². The first-order chi connectivity index (χ1) is 10.5. The van der Waals surface area contributed by atoms with E-state index in [2.05, 4.69) is 70.4 Å². The first kappa shape index (κ1) is 16.1. The first-order valence-electron chi connectivity index (χ1n) is 7.55. The molecule has 1 saturated heterocycles. The Balaban J connectivity index is 1.96. The molecule has 0 amide bonds. The third kappa shape index (κ3) is 3.01. The zero-order chi connectivity index (χ0) is 15.9. The van der Waals surface area contributed by atoms with Crippen molar-refractivity contribution in [2.24, 2.45) is 0 Å². The molecule has 1 aliphatic rings. The number of hydrogen-bond donors (Lipinski definition) is 1. The molecule has 0 aliphatic carbocycles. The van der Waals surface area contributed by atoms with Crippen LogP contribution >= 0.6 is 34.2 Å². The van der Waals surface area contributed by atoms with Gasteiger partial charge in [0.2, 0.25) is 0 Å². The average molecular weight is 430 g/mol. The van der Waals surface area contributed by atoms with E-state index in [-0.39, 0.29) is 0 Å². The smallest absolute Gasteiger partial charge is 0.0795 e. The predicted molar refractivity (Wildman–Crippen MR) is 103 cm³/mol. The number of H-pyrrole nitrogens is 1. The number of anilines is 1. The summed E-state index contributed by atoms with van der Waals surface area (Å²) in [5.41, 5.74) is 6.21. The van der Waals surface area contributed by atoms with E-state index in [4.69, 9.17) is 11.6 Å². The van der Waals surface area contributed by atoms with Crippen LogP contribution < -0.4 is 4.90 Å². The van der Waals surface area contributed by atoms with E-state index < -0.39 is 0 Å². The number of aromatic amines is 1. The molecule has 0 spiro atoms. The van der Waals surface area contributed by atoms with Crippen molar-refractivity contribution in [1.29, 1.82) is 0 Å². The third-order valence-electron chi connectivity index (χ3n) is 4.37. The molecular formula is C17H21ClIN3. The van der Waals surface area contributed by atoms with E-state index in [0.717, 1.165) is 40.5 Å². The van der Waals surface area contributed by atoms with Gasteiger partial charge < -0.3 is 14.8 Å². The summed E-state index contributed by atoms with van der Waals surface area (Å²) in [5, 5.41) is 0.812. The van der Waals surface area contributed by atoms with Crippen LogP contribution in [0.5, 0.6) is 0 Å². The second-order valence-corrected chi connectivity index (χ2v) is 7.61. The van der Waals surface area contributed by atoms with Gasteiger partial charge in [0, 0.05) is 47.2 Å². The van der Waals surface area contributed by atoms with Gasteiger partial charge in [-0.3, -0.25) is 0 Å². The first-order valence-corrected chi connectivity index (χ1v) is 9.00. The Morgan fingerprint density at radius 1 is 1.09 bits per heavy atom. The number of aromatic nitrogens is 1. The molecule has 5 heteroatoms. The van der Waals surface area contributed by atoms with Crippen LogP contribution in [0.4, 0.5) is 5.69 Å². The van der Waals surface area contributed by atoms with E-state index in [1.54, 1.807) is 0 Å². The lowest BCUT2D eigenvalue weighted by atomic mass is 10.0. The maximum absolute atomic E-state index is 6.40. The summed E-state index contributed by atoms with van der Waals surface area (Å²) in [5.74, 6) is 0. The molecule has 1 fully saturated rings. The van der Waals surface area contributed by atoms with Gasteiger partial charge in [-0.2, -0.15) is 0 Å². The number of rotatable bonds is 2. The topological polar surface area (TPSA) is 22.3 Å². The highest BCUT2D eigenvalue weighted by Crippen LogP contribution is 2.35. The summed E-state index contributed by atoms with van der Waals surface area (Å²) >= 11 is 8.65. The molecule has 2 aromatic rings. The molecule has 2 heterocycles. The lowest BCUT2D eigenvalue weighted by molar-refractivity contribution is 0.312. The SMILES string of the molecule is Cc1cc(-c2[nH]cc(I)c2Cl)cc(C)c1N1CCN(C)CC1. The Labute approximate surface area is 150 Å². The van der Waals surface area contributed by atoms with Gasteiger partial charge in [-0.1, -0.05) is 11.6 Å². The van der Waals surface area contributed by atoms with Crippen molar-refractivity contribution in [3.63, 3.8) is 0 Å². The van der Waals surface area contributed by atoms with Crippen LogP contribution in [0.25, 0.3) is 11.3 Å². The van der Waals surface area contributed by atoms with Gasteiger partial charge in [0.1, 0.15) is 0 Å². The molecule has 1 aromatic carbocycles. The number of aryl methyl sites for hydroxylation is 2. The maximum Gasteiger partial charge on any atom is 0.0795 e. The lowest BCUT2D eigenvalue weighted by Crippen LogP contribution is -2.45. The molecule has 0 bridgehead atoms. The van der Waals surface area contributed by atoms with Crippen LogP contribution in [0.1, 0.15) is 11.1 Å². The monoisotopic (exact) mass is 429 g/mol. The minimum atomic E-state index is 0.812. The van der Waals surface area contributed by atoms with Crippen molar-refractivity contribution in [3.05, 3.63) is 38.0 Å². The molecule has 22 heavy (non-hydrogen) atoms. The van der Waals surface area contributed by atoms with Gasteiger partial charge >= 0.3 is 0 Å². The molecule has 0 saturated carbocycles. The standard InChI is InChI=1S/C17H21ClIN3/c1-11-8-13(16-15(18)14(19)10-20-16)9-12(2)17(11)22-6-4-21(3)5-7-22/h8-10,20H,4-7H2,1-3H3. The number of nitrogens with one attached hydrogen (secondary N) is 1. The fourth-order valence-corrected chi connectivity index (χ4v) is 3.86. The second kappa shape index (κ2) is 6.42. The third-order valence-corrected chi connectivity index (χ3v) is 5.93. The molecule has 3 rings (SSSR count). The highest BCUT2D eigenvalue weighted by Gasteiger charge is 2.19. The predicted octanol–water partition coefficient (Wildman–Crippen LogP) is 4.31. The number of hydrogen-bond acceptors (Lipinski definition) is 2. The summed E-state index contributed by atoms with van der Waals surface area (Å²) < 4.78 is 1.06. The Kier molecular flexibility index (Phi) is 4.71. The van der Waals surface area contributed by atoms with Gasteiger partial charge in [0.25, 0.3) is 0 Å². The van der Waals surface area contributed by atoms with E-state index >= 15 is 0 Å². The Hall–Kier alpha value is -0.720. The van der Waals surface area contributed by atoms with E-state index in [0.29, 0.717) is 0 Å². The normalized spacial score (nSPS) is 16.3. The van der Waals surface area contributed by atoms with Gasteiger partial charge in [0.05, 0.1) is 10.7 Å². The van der Waals surface area contributed by atoms with E-state index in [9.17, 15) is 0 Å². The van der Waals surface area contributed by atoms with Gasteiger partial charge in [-0.05, 0) is 66.7 Å². The van der Waals surface area contributed by atoms with Crippen molar-refractivity contribution in [3.8, 4) is 11.3 Å². The lowest BCUT2D eigenvalue weighted by Gasteiger charge is -2.36. The zero-order valence-corrected chi connectivity index (χ0v) is 16.1. The molecule has 0 unspecified atom stereocenters. The van der Waals surface area contributed by atoms with Crippen LogP contribution in [0.15, 0.2) is 18.3 Å². The minimum absolute atomic E-state index is 0.812. The number of benzene rings is 1. The Morgan fingerprint density at radius 2 is 1.68 bits per heavy atom. The summed E-state index contributed by atoms with van der Waals surface area (Å²) in [7, 11) is 2.19. The van der Waals surface area contributed by atoms with Crippen molar-refractivity contribution in [2.45, 2.75) is 13.8 Å². The second-order valence-electron chi connectivity index (χ2n) is 6.07. The maximum atomic E-state index is 6.40. The number of likely N-dealkylation sites (N-methyl/N-ethyl adjacent to an activating group) is 1. The molecule has 1 aromatic heterocycles. The average Bonchev–Trinajstić information content (AvgIpc) is 2.80. The number of piperazine rings is 1. The van der Waals surface area contributed by atoms with Crippen molar-refractivity contribution in [2.75, 3.05) is 38.1 Å². The molecule has 118 valence electrons. The summed E-state index contributed by atoms with van der Waals surface area (Å²) in [6, 6.07) is 4.49. The van der Waals surface area contributed by atoms with Crippen molar-refractivity contribution >= 4 is 39.9 Å². The van der Waals surface area contributed by atoms with Gasteiger partial charge in [-0.15, -0.1) is 0 Å². The van der Waals surface area contributed by atoms with Gasteiger partial charge in [-0.25, -0.2) is 0 Å². The molecule has 1 N–H and O–H groups in total. The zero-order valence-electron chi connectivity index (χ0n) is 13.2. The highest BCUT2D eigenvalue weighted by molar-refractivity contribution is 14.1. The molecule has 0 atom stereocenters. The van der Waals surface area contributed by atoms with E-state index in [1.807, 2.05) is 6.20 Å². The molecule has 0 radical (unpaired) electrons. The Morgan fingerprint density at radius 3 is 2.18 bits per heavy atom. The molecular weight excluding hydrogens is 409 g/mol. The van der Waals surface area contributed by atoms with E-state index in [1.165, 1.54) is 22.4 Å². The largest absolute Gasteiger partial charge is 0.369 e. The highest BCUT2D eigenvalue weighted by atomic mass is 127. The molecule has 1 aliphatic heterocycles. The quantitative estimate of drug-likeness (QED) is 0.719.